The molecule has 8 heteroatoms. The molecule has 0 aliphatic rings. The summed E-state index contributed by atoms with van der Waals surface area (Å²) in [6.07, 6.45) is 0. The molecule has 188 valence electrons. The van der Waals surface area contributed by atoms with Crippen LogP contribution in [0, 0.1) is 17.5 Å². The van der Waals surface area contributed by atoms with Crippen LogP contribution in [0.3, 0.4) is 0 Å². The van der Waals surface area contributed by atoms with Crippen molar-refractivity contribution in [3.8, 4) is 22.7 Å². The lowest BCUT2D eigenvalue weighted by atomic mass is 10.1. The predicted molar refractivity (Wildman–Crippen MR) is 142 cm³/mol. The maximum absolute atomic E-state index is 15.8. The summed E-state index contributed by atoms with van der Waals surface area (Å²) in [7, 11) is 1.51. The Kier molecular flexibility index (Phi) is 5.92. The fourth-order valence-corrected chi connectivity index (χ4v) is 4.57. The van der Waals surface area contributed by atoms with Crippen LogP contribution in [0.25, 0.3) is 38.9 Å². The second-order valence-corrected chi connectivity index (χ2v) is 8.70. The summed E-state index contributed by atoms with van der Waals surface area (Å²) < 4.78 is 53.3. The van der Waals surface area contributed by atoms with E-state index in [1.807, 2.05) is 60.7 Å². The second kappa shape index (κ2) is 9.55. The van der Waals surface area contributed by atoms with E-state index >= 15 is 13.2 Å². The van der Waals surface area contributed by atoms with Crippen LogP contribution < -0.4 is 10.1 Å². The number of fused-ring (bicyclic) bond motifs is 2. The minimum Gasteiger partial charge on any atom is -0.496 e. The van der Waals surface area contributed by atoms with Gasteiger partial charge in [-0.05, 0) is 24.3 Å². The summed E-state index contributed by atoms with van der Waals surface area (Å²) in [4.78, 5) is 4.41. The largest absolute Gasteiger partial charge is 0.496 e. The number of rotatable bonds is 6. The molecule has 4 aromatic carbocycles. The lowest BCUT2D eigenvalue weighted by Gasteiger charge is -2.14. The third kappa shape index (κ3) is 3.91. The van der Waals surface area contributed by atoms with Gasteiger partial charge in [0.1, 0.15) is 22.6 Å². The van der Waals surface area contributed by atoms with Crippen molar-refractivity contribution in [2.75, 3.05) is 12.4 Å². The quantitative estimate of drug-likeness (QED) is 0.239. The number of anilines is 1. The molecule has 0 bridgehead atoms. The molecule has 5 nitrogen and oxygen atoms in total. The SMILES string of the molecule is COc1ccccc1CNc1c(F)c(F)c2nc3c(cc2c1F)c(-c1ccccc1)nn3-c1ccccc1. The third-order valence-electron chi connectivity index (χ3n) is 6.43. The number of nitrogens with zero attached hydrogens (tertiary/aromatic N) is 3. The zero-order chi connectivity index (χ0) is 26.2. The number of ether oxygens (including phenoxy) is 1. The number of benzene rings is 4. The van der Waals surface area contributed by atoms with Gasteiger partial charge >= 0.3 is 0 Å². The van der Waals surface area contributed by atoms with Crippen molar-refractivity contribution in [1.82, 2.24) is 14.8 Å². The Morgan fingerprint density at radius 2 is 1.47 bits per heavy atom. The highest BCUT2D eigenvalue weighted by Gasteiger charge is 2.25. The van der Waals surface area contributed by atoms with Crippen molar-refractivity contribution in [3.05, 3.63) is 114 Å². The van der Waals surface area contributed by atoms with E-state index in [1.165, 1.54) is 13.2 Å². The molecule has 6 aromatic rings. The molecule has 0 amide bonds. The van der Waals surface area contributed by atoms with E-state index in [2.05, 4.69) is 10.3 Å². The lowest BCUT2D eigenvalue weighted by molar-refractivity contribution is 0.410. The lowest BCUT2D eigenvalue weighted by Crippen LogP contribution is -2.08. The molecule has 38 heavy (non-hydrogen) atoms. The molecule has 0 aliphatic heterocycles. The minimum absolute atomic E-state index is 0.0275. The van der Waals surface area contributed by atoms with E-state index in [0.717, 1.165) is 5.56 Å². The Bertz CT molecular complexity index is 1790. The molecule has 0 atom stereocenters. The molecule has 0 fully saturated rings. The Morgan fingerprint density at radius 1 is 0.789 bits per heavy atom. The molecule has 0 saturated heterocycles. The molecule has 0 unspecified atom stereocenters. The average molecular weight is 511 g/mol. The fourth-order valence-electron chi connectivity index (χ4n) is 4.57. The van der Waals surface area contributed by atoms with Crippen molar-refractivity contribution in [1.29, 1.82) is 0 Å². The van der Waals surface area contributed by atoms with Gasteiger partial charge in [0.2, 0.25) is 0 Å². The van der Waals surface area contributed by atoms with Crippen LogP contribution in [0.5, 0.6) is 5.75 Å². The number of methoxy groups -OCH3 is 1. The molecule has 6 rings (SSSR count). The first kappa shape index (κ1) is 23.5. The maximum Gasteiger partial charge on any atom is 0.187 e. The molecule has 1 N–H and O–H groups in total. The Labute approximate surface area is 216 Å². The molecular weight excluding hydrogens is 489 g/mol. The first-order valence-corrected chi connectivity index (χ1v) is 11.9. The summed E-state index contributed by atoms with van der Waals surface area (Å²) in [5.74, 6) is -2.97. The van der Waals surface area contributed by atoms with Crippen LogP contribution in [0.15, 0.2) is 91.0 Å². The van der Waals surface area contributed by atoms with Gasteiger partial charge in [-0.2, -0.15) is 5.10 Å². The highest BCUT2D eigenvalue weighted by Crippen LogP contribution is 2.36. The summed E-state index contributed by atoms with van der Waals surface area (Å²) in [6.45, 7) is 0.0275. The topological polar surface area (TPSA) is 52.0 Å². The van der Waals surface area contributed by atoms with Crippen molar-refractivity contribution < 1.29 is 17.9 Å². The Hall–Kier alpha value is -4.85. The maximum atomic E-state index is 15.8. The molecule has 0 saturated carbocycles. The zero-order valence-electron chi connectivity index (χ0n) is 20.3. The molecule has 2 aromatic heterocycles. The second-order valence-electron chi connectivity index (χ2n) is 8.70. The third-order valence-corrected chi connectivity index (χ3v) is 6.43. The number of nitrogens with one attached hydrogen (secondary N) is 1. The van der Waals surface area contributed by atoms with Crippen molar-refractivity contribution in [2.24, 2.45) is 0 Å². The highest BCUT2D eigenvalue weighted by atomic mass is 19.2. The van der Waals surface area contributed by atoms with E-state index in [9.17, 15) is 0 Å². The van der Waals surface area contributed by atoms with Gasteiger partial charge in [0, 0.05) is 28.4 Å². The number of para-hydroxylation sites is 2. The van der Waals surface area contributed by atoms with Crippen LogP contribution in [-0.2, 0) is 6.54 Å². The predicted octanol–water partition coefficient (Wildman–Crippen LogP) is 7.28. The monoisotopic (exact) mass is 510 g/mol. The Morgan fingerprint density at radius 3 is 2.21 bits per heavy atom. The van der Waals surface area contributed by atoms with Gasteiger partial charge in [-0.25, -0.2) is 22.8 Å². The smallest absolute Gasteiger partial charge is 0.187 e. The van der Waals surface area contributed by atoms with Gasteiger partial charge in [-0.15, -0.1) is 0 Å². The summed E-state index contributed by atoms with van der Waals surface area (Å²) >= 11 is 0. The number of pyridine rings is 1. The molecule has 0 spiro atoms. The van der Waals surface area contributed by atoms with Gasteiger partial charge in [0.05, 0.1) is 12.8 Å². The van der Waals surface area contributed by atoms with Crippen LogP contribution in [0.2, 0.25) is 0 Å². The standard InChI is InChI=1S/C30H21F3N4O/c1-38-23-15-9-8-12-19(23)17-34-29-24(31)21-16-22-27(18-10-4-2-5-11-18)36-37(20-13-6-3-7-14-20)30(22)35-28(21)25(32)26(29)33/h2-16,34H,17H2,1H3. The first-order valence-electron chi connectivity index (χ1n) is 11.9. The normalized spacial score (nSPS) is 11.3. The molecule has 0 aliphatic carbocycles. The number of aromatic nitrogens is 3. The van der Waals surface area contributed by atoms with Crippen molar-refractivity contribution in [3.63, 3.8) is 0 Å². The van der Waals surface area contributed by atoms with Crippen molar-refractivity contribution in [2.45, 2.75) is 6.54 Å². The summed E-state index contributed by atoms with van der Waals surface area (Å²) in [6, 6.07) is 27.1. The van der Waals surface area contributed by atoms with Gasteiger partial charge in [-0.1, -0.05) is 66.7 Å². The number of hydrogen-bond acceptors (Lipinski definition) is 4. The fraction of sp³-hybridized carbons (Fsp3) is 0.0667. The van der Waals surface area contributed by atoms with E-state index < -0.39 is 28.7 Å². The van der Waals surface area contributed by atoms with E-state index in [1.54, 1.807) is 28.9 Å². The van der Waals surface area contributed by atoms with Gasteiger partial charge < -0.3 is 10.1 Å². The summed E-state index contributed by atoms with van der Waals surface area (Å²) in [5, 5.41) is 7.81. The minimum atomic E-state index is -1.34. The van der Waals surface area contributed by atoms with Crippen LogP contribution in [0.1, 0.15) is 5.56 Å². The van der Waals surface area contributed by atoms with Gasteiger partial charge in [-0.3, -0.25) is 0 Å². The Balaban J connectivity index is 1.56. The average Bonchev–Trinajstić information content (AvgIpc) is 3.35. The van der Waals surface area contributed by atoms with E-state index in [0.29, 0.717) is 28.1 Å². The van der Waals surface area contributed by atoms with Gasteiger partial charge in [0.15, 0.2) is 23.1 Å². The molecule has 0 radical (unpaired) electrons. The zero-order valence-corrected chi connectivity index (χ0v) is 20.3. The number of halogens is 3. The highest BCUT2D eigenvalue weighted by molar-refractivity contribution is 6.00. The van der Waals surface area contributed by atoms with E-state index in [4.69, 9.17) is 9.84 Å². The number of hydrogen-bond donors (Lipinski definition) is 1. The van der Waals surface area contributed by atoms with Crippen LogP contribution in [-0.4, -0.2) is 21.9 Å². The van der Waals surface area contributed by atoms with Crippen LogP contribution in [0.4, 0.5) is 18.9 Å². The van der Waals surface area contributed by atoms with Crippen molar-refractivity contribution >= 4 is 27.6 Å². The summed E-state index contributed by atoms with van der Waals surface area (Å²) in [5.41, 5.74) is 1.99. The first-order chi connectivity index (χ1) is 18.6. The van der Waals surface area contributed by atoms with E-state index in [-0.39, 0.29) is 17.6 Å². The molecule has 2 heterocycles. The molecular formula is C30H21F3N4O. The van der Waals surface area contributed by atoms with Crippen LogP contribution >= 0.6 is 0 Å². The van der Waals surface area contributed by atoms with Gasteiger partial charge in [0.25, 0.3) is 0 Å².